The van der Waals surface area contributed by atoms with E-state index in [-0.39, 0.29) is 5.91 Å². The Labute approximate surface area is 130 Å². The van der Waals surface area contributed by atoms with Crippen LogP contribution >= 0.6 is 15.9 Å². The van der Waals surface area contributed by atoms with Crippen LogP contribution in [0.1, 0.15) is 43.7 Å². The van der Waals surface area contributed by atoms with Gasteiger partial charge in [-0.1, -0.05) is 19.4 Å². The minimum absolute atomic E-state index is 0.0770. The van der Waals surface area contributed by atoms with Gasteiger partial charge in [-0.25, -0.2) is 0 Å². The van der Waals surface area contributed by atoms with E-state index in [0.717, 1.165) is 35.0 Å². The van der Waals surface area contributed by atoms with Crippen molar-refractivity contribution in [2.75, 3.05) is 11.9 Å². The third-order valence-electron chi connectivity index (χ3n) is 3.63. The fraction of sp³-hybridized carbons (Fsp3) is 0.562. The van der Waals surface area contributed by atoms with E-state index in [9.17, 15) is 4.79 Å². The number of rotatable bonds is 7. The summed E-state index contributed by atoms with van der Waals surface area (Å²) in [5.41, 5.74) is 8.73. The van der Waals surface area contributed by atoms with Gasteiger partial charge in [-0.05, 0) is 72.3 Å². The molecule has 0 saturated heterocycles. The zero-order valence-corrected chi connectivity index (χ0v) is 14.2. The van der Waals surface area contributed by atoms with Crippen LogP contribution in [0.5, 0.6) is 0 Å². The van der Waals surface area contributed by atoms with Crippen LogP contribution in [0.4, 0.5) is 5.69 Å². The Hall–Kier alpha value is -0.870. The highest BCUT2D eigenvalue weighted by Gasteiger charge is 2.12. The van der Waals surface area contributed by atoms with Crippen molar-refractivity contribution in [3.8, 4) is 0 Å². The summed E-state index contributed by atoms with van der Waals surface area (Å²) in [7, 11) is 0. The third kappa shape index (κ3) is 5.25. The van der Waals surface area contributed by atoms with Crippen LogP contribution in [0.2, 0.25) is 0 Å². The summed E-state index contributed by atoms with van der Waals surface area (Å²) in [6.45, 7) is 6.90. The van der Waals surface area contributed by atoms with Crippen molar-refractivity contribution >= 4 is 27.5 Å². The molecule has 1 aromatic rings. The number of carbonyl (C=O) groups excluding carboxylic acids is 1. The zero-order valence-electron chi connectivity index (χ0n) is 12.6. The second kappa shape index (κ2) is 8.42. The average molecular weight is 341 g/mol. The first-order valence-corrected chi connectivity index (χ1v) is 8.03. The number of benzene rings is 1. The maximum atomic E-state index is 12.1. The van der Waals surface area contributed by atoms with Crippen LogP contribution in [0.15, 0.2) is 16.6 Å². The number of carbonyl (C=O) groups is 1. The quantitative estimate of drug-likeness (QED) is 0.782. The van der Waals surface area contributed by atoms with Crippen molar-refractivity contribution in [1.29, 1.82) is 0 Å². The molecule has 1 atom stereocenters. The van der Waals surface area contributed by atoms with Gasteiger partial charge in [0, 0.05) is 10.9 Å². The largest absolute Gasteiger partial charge is 0.330 e. The zero-order chi connectivity index (χ0) is 15.1. The Morgan fingerprint density at radius 1 is 1.35 bits per heavy atom. The molecule has 0 radical (unpaired) electrons. The molecule has 0 saturated carbocycles. The van der Waals surface area contributed by atoms with Gasteiger partial charge < -0.3 is 11.1 Å². The van der Waals surface area contributed by atoms with Gasteiger partial charge in [0.15, 0.2) is 0 Å². The minimum atomic E-state index is 0.0770. The molecule has 0 aliphatic carbocycles. The van der Waals surface area contributed by atoms with Gasteiger partial charge in [0.1, 0.15) is 0 Å². The van der Waals surface area contributed by atoms with Gasteiger partial charge in [-0.2, -0.15) is 0 Å². The van der Waals surface area contributed by atoms with Crippen molar-refractivity contribution < 1.29 is 4.79 Å². The van der Waals surface area contributed by atoms with Gasteiger partial charge in [0.25, 0.3) is 0 Å². The van der Waals surface area contributed by atoms with Crippen molar-refractivity contribution in [3.05, 3.63) is 27.7 Å². The lowest BCUT2D eigenvalue weighted by Gasteiger charge is -2.15. The van der Waals surface area contributed by atoms with Gasteiger partial charge >= 0.3 is 0 Å². The van der Waals surface area contributed by atoms with Crippen LogP contribution in [0, 0.1) is 19.8 Å². The Kier molecular flexibility index (Phi) is 7.24. The SMILES string of the molecule is CCC(CCN)CCC(=O)Nc1c(C)cc(C)cc1Br. The molecule has 3 nitrogen and oxygen atoms in total. The minimum Gasteiger partial charge on any atom is -0.330 e. The van der Waals surface area contributed by atoms with E-state index >= 15 is 0 Å². The molecule has 3 N–H and O–H groups in total. The van der Waals surface area contributed by atoms with Crippen LogP contribution < -0.4 is 11.1 Å². The van der Waals surface area contributed by atoms with Crippen molar-refractivity contribution in [2.24, 2.45) is 11.7 Å². The molecule has 0 aliphatic heterocycles. The lowest BCUT2D eigenvalue weighted by molar-refractivity contribution is -0.116. The molecule has 0 aromatic heterocycles. The second-order valence-electron chi connectivity index (χ2n) is 5.38. The van der Waals surface area contributed by atoms with E-state index in [4.69, 9.17) is 5.73 Å². The number of amides is 1. The predicted octanol–water partition coefficient (Wildman–Crippen LogP) is 4.16. The highest BCUT2D eigenvalue weighted by Crippen LogP contribution is 2.28. The summed E-state index contributed by atoms with van der Waals surface area (Å²) in [6.07, 6.45) is 3.54. The first-order valence-electron chi connectivity index (χ1n) is 7.24. The number of halogens is 1. The summed E-state index contributed by atoms with van der Waals surface area (Å²) >= 11 is 3.51. The van der Waals surface area contributed by atoms with Crippen LogP contribution in [0.3, 0.4) is 0 Å². The van der Waals surface area contributed by atoms with E-state index < -0.39 is 0 Å². The topological polar surface area (TPSA) is 55.1 Å². The number of hydrogen-bond donors (Lipinski definition) is 2. The van der Waals surface area contributed by atoms with Gasteiger partial charge in [-0.3, -0.25) is 4.79 Å². The molecule has 0 bridgehead atoms. The molecule has 1 rings (SSSR count). The van der Waals surface area contributed by atoms with Crippen LogP contribution in [-0.2, 0) is 4.79 Å². The molecule has 4 heteroatoms. The predicted molar refractivity (Wildman–Crippen MR) is 88.9 cm³/mol. The monoisotopic (exact) mass is 340 g/mol. The third-order valence-corrected chi connectivity index (χ3v) is 4.25. The number of anilines is 1. The van der Waals surface area contributed by atoms with Gasteiger partial charge in [-0.15, -0.1) is 0 Å². The number of nitrogens with two attached hydrogens (primary N) is 1. The van der Waals surface area contributed by atoms with E-state index in [1.165, 1.54) is 5.56 Å². The fourth-order valence-electron chi connectivity index (χ4n) is 2.40. The van der Waals surface area contributed by atoms with E-state index in [0.29, 0.717) is 18.9 Å². The summed E-state index contributed by atoms with van der Waals surface area (Å²) < 4.78 is 0.942. The Bertz CT molecular complexity index is 437. The molecule has 112 valence electrons. The first-order chi connectivity index (χ1) is 9.47. The van der Waals surface area contributed by atoms with Crippen molar-refractivity contribution in [2.45, 2.75) is 46.5 Å². The Morgan fingerprint density at radius 2 is 2.05 bits per heavy atom. The molecule has 0 spiro atoms. The second-order valence-corrected chi connectivity index (χ2v) is 6.23. The number of nitrogens with one attached hydrogen (secondary N) is 1. The normalized spacial score (nSPS) is 12.2. The van der Waals surface area contributed by atoms with E-state index in [2.05, 4.69) is 34.2 Å². The molecular formula is C16H25BrN2O. The molecule has 1 amide bonds. The maximum absolute atomic E-state index is 12.1. The van der Waals surface area contributed by atoms with Crippen molar-refractivity contribution in [3.63, 3.8) is 0 Å². The molecular weight excluding hydrogens is 316 g/mol. The maximum Gasteiger partial charge on any atom is 0.224 e. The van der Waals surface area contributed by atoms with Gasteiger partial charge in [0.05, 0.1) is 5.69 Å². The smallest absolute Gasteiger partial charge is 0.224 e. The lowest BCUT2D eigenvalue weighted by Crippen LogP contribution is -2.16. The molecule has 0 heterocycles. The van der Waals surface area contributed by atoms with Gasteiger partial charge in [0.2, 0.25) is 5.91 Å². The molecule has 20 heavy (non-hydrogen) atoms. The van der Waals surface area contributed by atoms with Crippen molar-refractivity contribution in [1.82, 2.24) is 0 Å². The standard InChI is InChI=1S/C16H25BrN2O/c1-4-13(7-8-18)5-6-15(20)19-16-12(3)9-11(2)10-14(16)17/h9-10,13H,4-8,18H2,1-3H3,(H,19,20). The summed E-state index contributed by atoms with van der Waals surface area (Å²) in [5, 5.41) is 3.01. The molecule has 1 aromatic carbocycles. The highest BCUT2D eigenvalue weighted by atomic mass is 79.9. The van der Waals surface area contributed by atoms with E-state index in [1.807, 2.05) is 19.9 Å². The summed E-state index contributed by atoms with van der Waals surface area (Å²) in [4.78, 5) is 12.1. The van der Waals surface area contributed by atoms with Crippen LogP contribution in [0.25, 0.3) is 0 Å². The highest BCUT2D eigenvalue weighted by molar-refractivity contribution is 9.10. The fourth-order valence-corrected chi connectivity index (χ4v) is 3.17. The number of hydrogen-bond acceptors (Lipinski definition) is 2. The Balaban J connectivity index is 2.59. The first kappa shape index (κ1) is 17.2. The average Bonchev–Trinajstić information content (AvgIpc) is 2.38. The molecule has 0 aliphatic rings. The molecule has 1 unspecified atom stereocenters. The summed E-state index contributed by atoms with van der Waals surface area (Å²) in [5.74, 6) is 0.626. The van der Waals surface area contributed by atoms with E-state index in [1.54, 1.807) is 0 Å². The Morgan fingerprint density at radius 3 is 2.60 bits per heavy atom. The number of aryl methyl sites for hydroxylation is 2. The summed E-state index contributed by atoms with van der Waals surface area (Å²) in [6, 6.07) is 4.09. The lowest BCUT2D eigenvalue weighted by atomic mass is 9.96. The van der Waals surface area contributed by atoms with Crippen LogP contribution in [-0.4, -0.2) is 12.5 Å². The molecule has 0 fully saturated rings.